The van der Waals surface area contributed by atoms with E-state index in [1.807, 2.05) is 53.0 Å². The largest absolute Gasteiger partial charge is 0.497 e. The normalized spacial score (nSPS) is 13.9. The molecule has 1 amide bonds. The van der Waals surface area contributed by atoms with Crippen LogP contribution in [0.5, 0.6) is 5.75 Å². The van der Waals surface area contributed by atoms with Crippen LogP contribution in [-0.4, -0.2) is 34.0 Å². The van der Waals surface area contributed by atoms with Crippen LogP contribution in [0.1, 0.15) is 21.6 Å². The summed E-state index contributed by atoms with van der Waals surface area (Å²) in [6.07, 6.45) is 2.86. The van der Waals surface area contributed by atoms with E-state index in [-0.39, 0.29) is 5.91 Å². The number of aromatic amines is 1. The molecule has 0 unspecified atom stereocenters. The maximum Gasteiger partial charge on any atom is 0.254 e. The third-order valence-electron chi connectivity index (χ3n) is 5.60. The highest BCUT2D eigenvalue weighted by molar-refractivity contribution is 5.98. The van der Waals surface area contributed by atoms with E-state index in [0.29, 0.717) is 6.54 Å². The van der Waals surface area contributed by atoms with Gasteiger partial charge in [-0.25, -0.2) is 0 Å². The number of nitrogens with zero attached hydrogens (tertiary/aromatic N) is 2. The summed E-state index contributed by atoms with van der Waals surface area (Å²) in [5.41, 5.74) is 5.34. The van der Waals surface area contributed by atoms with Crippen LogP contribution in [0.4, 0.5) is 0 Å². The van der Waals surface area contributed by atoms with Gasteiger partial charge in [0.15, 0.2) is 0 Å². The summed E-state index contributed by atoms with van der Waals surface area (Å²) in [7, 11) is 3.68. The minimum absolute atomic E-state index is 0.0843. The van der Waals surface area contributed by atoms with Gasteiger partial charge in [0.25, 0.3) is 5.91 Å². The Kier molecular flexibility index (Phi) is 3.50. The fraction of sp³-hybridized carbons (Fsp3) is 0.227. The Hall–Kier alpha value is -3.21. The second-order valence-electron chi connectivity index (χ2n) is 7.17. The molecule has 0 saturated carbocycles. The van der Waals surface area contributed by atoms with E-state index in [1.165, 1.54) is 11.3 Å². The number of aryl methyl sites for hydroxylation is 1. The van der Waals surface area contributed by atoms with Crippen molar-refractivity contribution in [2.24, 2.45) is 7.05 Å². The predicted molar refractivity (Wildman–Crippen MR) is 106 cm³/mol. The molecule has 27 heavy (non-hydrogen) atoms. The van der Waals surface area contributed by atoms with Gasteiger partial charge in [-0.15, -0.1) is 0 Å². The Morgan fingerprint density at radius 1 is 1.15 bits per heavy atom. The van der Waals surface area contributed by atoms with Gasteiger partial charge in [-0.2, -0.15) is 0 Å². The van der Waals surface area contributed by atoms with Crippen LogP contribution in [-0.2, 0) is 20.0 Å². The lowest BCUT2D eigenvalue weighted by Gasteiger charge is -2.27. The molecule has 0 atom stereocenters. The number of carbonyl (C=O) groups is 1. The molecule has 0 saturated heterocycles. The molecule has 136 valence electrons. The Balaban J connectivity index is 1.50. The maximum absolute atomic E-state index is 13.1. The summed E-state index contributed by atoms with van der Waals surface area (Å²) in [6.45, 7) is 1.34. The number of hydrogen-bond acceptors (Lipinski definition) is 2. The summed E-state index contributed by atoms with van der Waals surface area (Å²) in [6, 6.07) is 14.1. The Morgan fingerprint density at radius 3 is 2.89 bits per heavy atom. The zero-order valence-corrected chi connectivity index (χ0v) is 15.5. The number of fused-ring (bicyclic) bond motifs is 4. The van der Waals surface area contributed by atoms with Crippen LogP contribution in [0, 0.1) is 0 Å². The number of rotatable bonds is 2. The number of aromatic nitrogens is 2. The first-order chi connectivity index (χ1) is 13.1. The molecule has 0 aliphatic carbocycles. The topological polar surface area (TPSA) is 50.3 Å². The van der Waals surface area contributed by atoms with Crippen molar-refractivity contribution < 1.29 is 9.53 Å². The molecule has 5 heteroatoms. The van der Waals surface area contributed by atoms with Crippen molar-refractivity contribution in [1.29, 1.82) is 0 Å². The van der Waals surface area contributed by atoms with E-state index in [4.69, 9.17) is 4.74 Å². The molecule has 5 nitrogen and oxygen atoms in total. The van der Waals surface area contributed by atoms with E-state index in [9.17, 15) is 4.79 Å². The highest BCUT2D eigenvalue weighted by Crippen LogP contribution is 2.31. The van der Waals surface area contributed by atoms with E-state index >= 15 is 0 Å². The minimum atomic E-state index is 0.0843. The fourth-order valence-electron chi connectivity index (χ4n) is 4.07. The van der Waals surface area contributed by atoms with E-state index < -0.39 is 0 Å². The summed E-state index contributed by atoms with van der Waals surface area (Å²) >= 11 is 0. The minimum Gasteiger partial charge on any atom is -0.497 e. The van der Waals surface area contributed by atoms with Gasteiger partial charge in [-0.3, -0.25) is 4.79 Å². The van der Waals surface area contributed by atoms with Crippen molar-refractivity contribution in [3.05, 3.63) is 65.5 Å². The molecule has 0 fully saturated rings. The lowest BCUT2D eigenvalue weighted by molar-refractivity contribution is 0.0735. The first-order valence-corrected chi connectivity index (χ1v) is 9.16. The lowest BCUT2D eigenvalue weighted by atomic mass is 10.0. The molecule has 2 aromatic heterocycles. The smallest absolute Gasteiger partial charge is 0.254 e. The number of carbonyl (C=O) groups excluding carboxylic acids is 1. The Morgan fingerprint density at radius 2 is 2.04 bits per heavy atom. The third-order valence-corrected chi connectivity index (χ3v) is 5.60. The highest BCUT2D eigenvalue weighted by Gasteiger charge is 2.25. The van der Waals surface area contributed by atoms with Crippen LogP contribution in [0.3, 0.4) is 0 Å². The summed E-state index contributed by atoms with van der Waals surface area (Å²) < 4.78 is 7.42. The molecule has 5 rings (SSSR count). The number of hydrogen-bond donors (Lipinski definition) is 1. The van der Waals surface area contributed by atoms with Crippen molar-refractivity contribution >= 4 is 27.7 Å². The molecule has 3 heterocycles. The number of ether oxygens (including phenoxy) is 1. The molecule has 1 aliphatic rings. The summed E-state index contributed by atoms with van der Waals surface area (Å²) in [5, 5.41) is 2.29. The van der Waals surface area contributed by atoms with Gasteiger partial charge in [-0.05, 0) is 41.8 Å². The second-order valence-corrected chi connectivity index (χ2v) is 7.17. The third kappa shape index (κ3) is 2.50. The molecule has 0 radical (unpaired) electrons. The molecule has 1 aliphatic heterocycles. The van der Waals surface area contributed by atoms with Crippen LogP contribution in [0.25, 0.3) is 21.8 Å². The van der Waals surface area contributed by atoms with Gasteiger partial charge in [0, 0.05) is 66.0 Å². The number of methoxy groups -OCH3 is 1. The zero-order valence-electron chi connectivity index (χ0n) is 15.5. The molecular formula is C22H21N3O2. The summed E-state index contributed by atoms with van der Waals surface area (Å²) in [4.78, 5) is 18.6. The van der Waals surface area contributed by atoms with Crippen molar-refractivity contribution in [3.8, 4) is 5.75 Å². The van der Waals surface area contributed by atoms with Crippen molar-refractivity contribution in [1.82, 2.24) is 14.5 Å². The van der Waals surface area contributed by atoms with Gasteiger partial charge in [-0.1, -0.05) is 6.07 Å². The molecule has 0 spiro atoms. The van der Waals surface area contributed by atoms with Crippen LogP contribution >= 0.6 is 0 Å². The van der Waals surface area contributed by atoms with Crippen molar-refractivity contribution in [2.45, 2.75) is 13.0 Å². The van der Waals surface area contributed by atoms with Gasteiger partial charge < -0.3 is 19.2 Å². The van der Waals surface area contributed by atoms with E-state index in [2.05, 4.69) is 17.1 Å². The zero-order chi connectivity index (χ0) is 18.5. The Bertz CT molecular complexity index is 1190. The lowest BCUT2D eigenvalue weighted by Crippen LogP contribution is -2.35. The number of amides is 1. The average molecular weight is 359 g/mol. The van der Waals surface area contributed by atoms with Gasteiger partial charge in [0.05, 0.1) is 7.11 Å². The van der Waals surface area contributed by atoms with Crippen LogP contribution in [0.2, 0.25) is 0 Å². The fourth-order valence-corrected chi connectivity index (χ4v) is 4.07. The number of benzene rings is 2. The van der Waals surface area contributed by atoms with Crippen LogP contribution < -0.4 is 4.74 Å². The van der Waals surface area contributed by atoms with Gasteiger partial charge >= 0.3 is 0 Å². The summed E-state index contributed by atoms with van der Waals surface area (Å²) in [5.74, 6) is 0.919. The van der Waals surface area contributed by atoms with E-state index in [0.717, 1.165) is 46.1 Å². The molecule has 1 N–H and O–H groups in total. The van der Waals surface area contributed by atoms with Gasteiger partial charge in [0.2, 0.25) is 0 Å². The van der Waals surface area contributed by atoms with E-state index in [1.54, 1.807) is 7.11 Å². The van der Waals surface area contributed by atoms with Crippen molar-refractivity contribution in [2.75, 3.05) is 13.7 Å². The molecule has 2 aromatic carbocycles. The molecule has 4 aromatic rings. The van der Waals surface area contributed by atoms with Crippen LogP contribution in [0.15, 0.2) is 48.7 Å². The first-order valence-electron chi connectivity index (χ1n) is 9.16. The first kappa shape index (κ1) is 16.0. The standard InChI is InChI=1S/C22H21N3O2/c1-24-9-7-14-3-4-15(11-21(14)24)22(26)25-10-8-20-18(13-25)17-12-16(27-2)5-6-19(17)23-20/h3-7,9,11-12,23H,8,10,13H2,1-2H3. The highest BCUT2D eigenvalue weighted by atomic mass is 16.5. The quantitative estimate of drug-likeness (QED) is 0.591. The number of nitrogens with one attached hydrogen (secondary N) is 1. The monoisotopic (exact) mass is 359 g/mol. The molecular weight excluding hydrogens is 338 g/mol. The van der Waals surface area contributed by atoms with Gasteiger partial charge in [0.1, 0.15) is 5.75 Å². The SMILES string of the molecule is COc1ccc2[nH]c3c(c2c1)CN(C(=O)c1ccc2ccn(C)c2c1)CC3. The Labute approximate surface area is 157 Å². The average Bonchev–Trinajstić information content (AvgIpc) is 3.26. The van der Waals surface area contributed by atoms with Crippen molar-refractivity contribution in [3.63, 3.8) is 0 Å². The predicted octanol–water partition coefficient (Wildman–Crippen LogP) is 3.87. The number of H-pyrrole nitrogens is 1. The molecule has 0 bridgehead atoms. The maximum atomic E-state index is 13.1. The second kappa shape index (κ2) is 5.91.